The van der Waals surface area contributed by atoms with E-state index in [1.807, 2.05) is 30.3 Å². The van der Waals surface area contributed by atoms with E-state index >= 15 is 0 Å². The smallest absolute Gasteiger partial charge is 0.192 e. The van der Waals surface area contributed by atoms with Gasteiger partial charge in [-0.25, -0.2) is 4.99 Å². The van der Waals surface area contributed by atoms with Crippen LogP contribution < -0.4 is 10.6 Å². The Morgan fingerprint density at radius 2 is 1.79 bits per heavy atom. The monoisotopic (exact) mass is 339 g/mol. The minimum Gasteiger partial charge on any atom is -0.347 e. The van der Waals surface area contributed by atoms with Crippen LogP contribution in [0.3, 0.4) is 0 Å². The summed E-state index contributed by atoms with van der Waals surface area (Å²) in [6.45, 7) is 4.84. The molecule has 2 aromatic carbocycles. The lowest BCUT2D eigenvalue weighted by Crippen LogP contribution is -2.29. The topological polar surface area (TPSA) is 36.4 Å². The van der Waals surface area contributed by atoms with E-state index in [1.165, 1.54) is 11.1 Å². The van der Waals surface area contributed by atoms with Gasteiger partial charge < -0.3 is 10.6 Å². The molecule has 1 saturated heterocycles. The van der Waals surface area contributed by atoms with Crippen LogP contribution in [0.5, 0.6) is 0 Å². The number of nitrogens with one attached hydrogen (secondary N) is 2. The molecule has 0 saturated carbocycles. The zero-order valence-electron chi connectivity index (χ0n) is 14.0. The molecule has 0 aromatic heterocycles. The molecule has 1 fully saturated rings. The van der Waals surface area contributed by atoms with Crippen molar-refractivity contribution in [2.75, 3.05) is 0 Å². The number of allylic oxidation sites excluding steroid dienone is 1. The second-order valence-electron chi connectivity index (χ2n) is 5.98. The van der Waals surface area contributed by atoms with Gasteiger partial charge in [0.05, 0.1) is 18.6 Å². The van der Waals surface area contributed by atoms with Gasteiger partial charge in [0.15, 0.2) is 5.96 Å². The van der Waals surface area contributed by atoms with E-state index < -0.39 is 0 Å². The summed E-state index contributed by atoms with van der Waals surface area (Å²) in [7, 11) is 0. The molecule has 0 unspecified atom stereocenters. The van der Waals surface area contributed by atoms with Gasteiger partial charge in [-0.15, -0.1) is 0 Å². The maximum atomic E-state index is 5.93. The van der Waals surface area contributed by atoms with Crippen LogP contribution in [0.4, 0.5) is 0 Å². The first-order chi connectivity index (χ1) is 11.7. The van der Waals surface area contributed by atoms with Crippen LogP contribution in [0.15, 0.2) is 71.2 Å². The molecule has 2 atom stereocenters. The van der Waals surface area contributed by atoms with E-state index in [2.05, 4.69) is 59.8 Å². The molecule has 1 aliphatic rings. The predicted molar refractivity (Wildman–Crippen MR) is 101 cm³/mol. The highest BCUT2D eigenvalue weighted by Crippen LogP contribution is 2.25. The molecule has 24 heavy (non-hydrogen) atoms. The van der Waals surface area contributed by atoms with Crippen molar-refractivity contribution in [1.29, 1.82) is 0 Å². The Hall–Kier alpha value is -2.26. The summed E-state index contributed by atoms with van der Waals surface area (Å²) in [5.74, 6) is 0.838. The molecule has 124 valence electrons. The van der Waals surface area contributed by atoms with Crippen LogP contribution in [-0.4, -0.2) is 12.0 Å². The Kier molecular flexibility index (Phi) is 5.21. The van der Waals surface area contributed by atoms with Crippen LogP contribution in [0, 0.1) is 0 Å². The van der Waals surface area contributed by atoms with Gasteiger partial charge in [-0.05, 0) is 37.1 Å². The highest BCUT2D eigenvalue weighted by molar-refractivity contribution is 6.30. The van der Waals surface area contributed by atoms with Crippen molar-refractivity contribution < 1.29 is 0 Å². The third-order valence-corrected chi connectivity index (χ3v) is 4.61. The highest BCUT2D eigenvalue weighted by Gasteiger charge is 2.32. The van der Waals surface area contributed by atoms with Crippen LogP contribution in [0.2, 0.25) is 5.02 Å². The maximum absolute atomic E-state index is 5.93. The summed E-state index contributed by atoms with van der Waals surface area (Å²) in [5, 5.41) is 7.79. The Labute approximate surface area is 148 Å². The zero-order chi connectivity index (χ0) is 16.9. The Morgan fingerprint density at radius 3 is 2.46 bits per heavy atom. The first-order valence-electron chi connectivity index (χ1n) is 8.17. The van der Waals surface area contributed by atoms with Crippen LogP contribution in [-0.2, 0) is 6.54 Å². The number of rotatable bonds is 4. The number of benzene rings is 2. The Morgan fingerprint density at radius 1 is 1.08 bits per heavy atom. The lowest BCUT2D eigenvalue weighted by Gasteiger charge is -2.19. The summed E-state index contributed by atoms with van der Waals surface area (Å²) in [4.78, 5) is 4.69. The van der Waals surface area contributed by atoms with Gasteiger partial charge in [0.1, 0.15) is 0 Å². The van der Waals surface area contributed by atoms with Gasteiger partial charge in [0.2, 0.25) is 0 Å². The number of guanidine groups is 1. The van der Waals surface area contributed by atoms with Crippen molar-refractivity contribution in [1.82, 2.24) is 10.6 Å². The molecule has 4 heteroatoms. The maximum Gasteiger partial charge on any atom is 0.192 e. The average molecular weight is 340 g/mol. The lowest BCUT2D eigenvalue weighted by molar-refractivity contribution is 0.588. The molecule has 1 aliphatic heterocycles. The number of hydrogen-bond donors (Lipinski definition) is 2. The van der Waals surface area contributed by atoms with E-state index in [-0.39, 0.29) is 12.1 Å². The first kappa shape index (κ1) is 16.6. The van der Waals surface area contributed by atoms with Crippen molar-refractivity contribution in [2.45, 2.75) is 32.5 Å². The summed E-state index contributed by atoms with van der Waals surface area (Å²) in [5.41, 5.74) is 3.69. The minimum atomic E-state index is 0.186. The SMILES string of the molecule is C/C=C(\C)[C@H]1NC(=NCc2ccc(Cl)cc2)N[C@H]1c1ccccc1. The highest BCUT2D eigenvalue weighted by atomic mass is 35.5. The van der Waals surface area contributed by atoms with Crippen molar-refractivity contribution in [3.05, 3.63) is 82.4 Å². The van der Waals surface area contributed by atoms with Gasteiger partial charge >= 0.3 is 0 Å². The first-order valence-corrected chi connectivity index (χ1v) is 8.55. The second kappa shape index (κ2) is 7.54. The van der Waals surface area contributed by atoms with E-state index in [9.17, 15) is 0 Å². The lowest BCUT2D eigenvalue weighted by atomic mass is 9.96. The summed E-state index contributed by atoms with van der Waals surface area (Å²) >= 11 is 5.93. The molecule has 2 N–H and O–H groups in total. The number of hydrogen-bond acceptors (Lipinski definition) is 1. The van der Waals surface area contributed by atoms with Gasteiger partial charge in [-0.1, -0.05) is 65.7 Å². The molecule has 0 spiro atoms. The van der Waals surface area contributed by atoms with Gasteiger partial charge in [-0.3, -0.25) is 0 Å². The van der Waals surface area contributed by atoms with Crippen LogP contribution in [0.1, 0.15) is 31.0 Å². The van der Waals surface area contributed by atoms with E-state index in [0.717, 1.165) is 16.5 Å². The molecule has 2 aromatic rings. The second-order valence-corrected chi connectivity index (χ2v) is 6.42. The normalized spacial score (nSPS) is 22.3. The van der Waals surface area contributed by atoms with Gasteiger partial charge in [-0.2, -0.15) is 0 Å². The molecule has 0 aliphatic carbocycles. The number of aliphatic imine (C=N–C) groups is 1. The van der Waals surface area contributed by atoms with E-state index in [1.54, 1.807) is 0 Å². The fraction of sp³-hybridized carbons (Fsp3) is 0.250. The summed E-state index contributed by atoms with van der Waals surface area (Å²) in [6, 6.07) is 18.7. The predicted octanol–water partition coefficient (Wildman–Crippen LogP) is 4.46. The molecule has 3 rings (SSSR count). The molecule has 0 bridgehead atoms. The summed E-state index contributed by atoms with van der Waals surface area (Å²) in [6.07, 6.45) is 2.15. The van der Waals surface area contributed by atoms with Crippen molar-refractivity contribution >= 4 is 17.6 Å². The van der Waals surface area contributed by atoms with Gasteiger partial charge in [0.25, 0.3) is 0 Å². The third-order valence-electron chi connectivity index (χ3n) is 4.36. The van der Waals surface area contributed by atoms with Crippen LogP contribution >= 0.6 is 11.6 Å². The molecular weight excluding hydrogens is 318 g/mol. The molecule has 1 heterocycles. The Bertz CT molecular complexity index is 735. The fourth-order valence-corrected chi connectivity index (χ4v) is 2.97. The average Bonchev–Trinajstić information content (AvgIpc) is 3.06. The van der Waals surface area contributed by atoms with E-state index in [0.29, 0.717) is 6.54 Å². The van der Waals surface area contributed by atoms with Crippen molar-refractivity contribution in [3.8, 4) is 0 Å². The van der Waals surface area contributed by atoms with Crippen molar-refractivity contribution in [3.63, 3.8) is 0 Å². The molecule has 0 amide bonds. The van der Waals surface area contributed by atoms with Crippen LogP contribution in [0.25, 0.3) is 0 Å². The largest absolute Gasteiger partial charge is 0.347 e. The van der Waals surface area contributed by atoms with Crippen molar-refractivity contribution in [2.24, 2.45) is 4.99 Å². The minimum absolute atomic E-state index is 0.186. The molecular formula is C20H22ClN3. The standard InChI is InChI=1S/C20H22ClN3/c1-3-14(2)18-19(16-7-5-4-6-8-16)24-20(23-18)22-13-15-9-11-17(21)12-10-15/h3-12,18-19H,13H2,1-2H3,(H2,22,23,24)/b14-3+/t18-,19+/m1/s1. The number of halogens is 1. The van der Waals surface area contributed by atoms with Gasteiger partial charge in [0, 0.05) is 5.02 Å². The zero-order valence-corrected chi connectivity index (χ0v) is 14.7. The Balaban J connectivity index is 1.78. The summed E-state index contributed by atoms with van der Waals surface area (Å²) < 4.78 is 0. The molecule has 3 nitrogen and oxygen atoms in total. The quantitative estimate of drug-likeness (QED) is 0.806. The molecule has 0 radical (unpaired) electrons. The van der Waals surface area contributed by atoms with E-state index in [4.69, 9.17) is 11.6 Å². The third kappa shape index (κ3) is 3.80. The number of nitrogens with zero attached hydrogens (tertiary/aromatic N) is 1. The fourth-order valence-electron chi connectivity index (χ4n) is 2.85.